The first-order valence-electron chi connectivity index (χ1n) is 7.81. The zero-order chi connectivity index (χ0) is 16.1. The molecule has 2 amide bonds. The highest BCUT2D eigenvalue weighted by Gasteiger charge is 2.25. The Bertz CT molecular complexity index is 530. The van der Waals surface area contributed by atoms with Crippen LogP contribution in [0.25, 0.3) is 0 Å². The minimum atomic E-state index is -0.0750. The van der Waals surface area contributed by atoms with Gasteiger partial charge in [0, 0.05) is 30.5 Å². The van der Waals surface area contributed by atoms with Gasteiger partial charge in [-0.25, -0.2) is 0 Å². The average Bonchev–Trinajstić information content (AvgIpc) is 2.48. The summed E-state index contributed by atoms with van der Waals surface area (Å²) in [5.74, 6) is 0.130. The lowest BCUT2D eigenvalue weighted by atomic mass is 10.1. The van der Waals surface area contributed by atoms with E-state index in [1.165, 1.54) is 0 Å². The molecule has 0 radical (unpaired) electrons. The van der Waals surface area contributed by atoms with Crippen molar-refractivity contribution >= 4 is 23.4 Å². The van der Waals surface area contributed by atoms with E-state index in [0.29, 0.717) is 17.9 Å². The molecule has 0 aromatic heterocycles. The monoisotopic (exact) mass is 322 g/mol. The van der Waals surface area contributed by atoms with E-state index in [9.17, 15) is 9.59 Å². The van der Waals surface area contributed by atoms with Crippen molar-refractivity contribution in [3.8, 4) is 0 Å². The number of likely N-dealkylation sites (tertiary alicyclic amines) is 1. The molecule has 22 heavy (non-hydrogen) atoms. The van der Waals surface area contributed by atoms with Crippen LogP contribution in [0.15, 0.2) is 24.3 Å². The summed E-state index contributed by atoms with van der Waals surface area (Å²) in [6.07, 6.45) is 2.93. The van der Waals surface area contributed by atoms with Crippen LogP contribution < -0.4 is 5.32 Å². The number of hydrogen-bond donors (Lipinski definition) is 1. The molecule has 0 unspecified atom stereocenters. The first kappa shape index (κ1) is 16.8. The third-order valence-corrected chi connectivity index (χ3v) is 4.37. The number of benzene rings is 1. The molecule has 2 rings (SSSR count). The van der Waals surface area contributed by atoms with Gasteiger partial charge in [-0.15, -0.1) is 0 Å². The SMILES string of the molecule is C[C@H](NC(=O)C[C@H](C)N1CCCCC1=O)c1ccc(Cl)cc1. The number of carbonyl (C=O) groups is 2. The Balaban J connectivity index is 1.86. The summed E-state index contributed by atoms with van der Waals surface area (Å²) in [6, 6.07) is 7.32. The summed E-state index contributed by atoms with van der Waals surface area (Å²) in [5, 5.41) is 3.66. The molecule has 0 saturated carbocycles. The van der Waals surface area contributed by atoms with E-state index in [4.69, 9.17) is 11.6 Å². The van der Waals surface area contributed by atoms with Crippen LogP contribution in [0.1, 0.15) is 51.1 Å². The molecule has 1 aromatic rings. The van der Waals surface area contributed by atoms with E-state index in [1.807, 2.05) is 43.0 Å². The largest absolute Gasteiger partial charge is 0.350 e. The van der Waals surface area contributed by atoms with Gasteiger partial charge in [0.15, 0.2) is 0 Å². The third kappa shape index (κ3) is 4.47. The Morgan fingerprint density at radius 2 is 1.95 bits per heavy atom. The molecule has 0 aliphatic carbocycles. The predicted molar refractivity (Wildman–Crippen MR) is 87.7 cm³/mol. The van der Waals surface area contributed by atoms with Crippen molar-refractivity contribution in [2.75, 3.05) is 6.54 Å². The highest BCUT2D eigenvalue weighted by Crippen LogP contribution is 2.18. The molecule has 4 nitrogen and oxygen atoms in total. The fourth-order valence-corrected chi connectivity index (χ4v) is 2.93. The second-order valence-corrected chi connectivity index (χ2v) is 6.37. The Kier molecular flexibility index (Phi) is 5.83. The van der Waals surface area contributed by atoms with Crippen LogP contribution in [0.5, 0.6) is 0 Å². The maximum absolute atomic E-state index is 12.2. The second kappa shape index (κ2) is 7.63. The molecule has 0 bridgehead atoms. The molecule has 1 heterocycles. The van der Waals surface area contributed by atoms with Crippen LogP contribution in [0.4, 0.5) is 0 Å². The van der Waals surface area contributed by atoms with Gasteiger partial charge in [0.1, 0.15) is 0 Å². The predicted octanol–water partition coefficient (Wildman–Crippen LogP) is 3.31. The normalized spacial score (nSPS) is 18.0. The fraction of sp³-hybridized carbons (Fsp3) is 0.529. The van der Waals surface area contributed by atoms with Crippen molar-refractivity contribution in [3.63, 3.8) is 0 Å². The summed E-state index contributed by atoms with van der Waals surface area (Å²) < 4.78 is 0. The molecule has 1 fully saturated rings. The van der Waals surface area contributed by atoms with Crippen LogP contribution in [-0.4, -0.2) is 29.3 Å². The van der Waals surface area contributed by atoms with Gasteiger partial charge in [-0.2, -0.15) is 0 Å². The molecule has 1 aromatic carbocycles. The number of rotatable bonds is 5. The smallest absolute Gasteiger partial charge is 0.222 e. The minimum absolute atomic E-state index is 0.0340. The molecule has 1 aliphatic rings. The lowest BCUT2D eigenvalue weighted by Crippen LogP contribution is -2.44. The zero-order valence-corrected chi connectivity index (χ0v) is 13.9. The molecule has 1 aliphatic heterocycles. The first-order chi connectivity index (χ1) is 10.5. The Morgan fingerprint density at radius 3 is 2.59 bits per heavy atom. The van der Waals surface area contributed by atoms with Crippen molar-refractivity contribution < 1.29 is 9.59 Å². The van der Waals surface area contributed by atoms with E-state index < -0.39 is 0 Å². The van der Waals surface area contributed by atoms with Crippen LogP contribution in [-0.2, 0) is 9.59 Å². The lowest BCUT2D eigenvalue weighted by Gasteiger charge is -2.32. The van der Waals surface area contributed by atoms with Gasteiger partial charge >= 0.3 is 0 Å². The lowest BCUT2D eigenvalue weighted by molar-refractivity contribution is -0.136. The summed E-state index contributed by atoms with van der Waals surface area (Å²) in [5.41, 5.74) is 1.01. The van der Waals surface area contributed by atoms with Gasteiger partial charge in [0.2, 0.25) is 11.8 Å². The highest BCUT2D eigenvalue weighted by atomic mass is 35.5. The number of hydrogen-bond acceptors (Lipinski definition) is 2. The van der Waals surface area contributed by atoms with Gasteiger partial charge in [-0.1, -0.05) is 23.7 Å². The van der Waals surface area contributed by atoms with Crippen molar-refractivity contribution in [1.29, 1.82) is 0 Å². The van der Waals surface area contributed by atoms with Gasteiger partial charge in [-0.3, -0.25) is 9.59 Å². The zero-order valence-electron chi connectivity index (χ0n) is 13.1. The number of nitrogens with zero attached hydrogens (tertiary/aromatic N) is 1. The maximum atomic E-state index is 12.2. The van der Waals surface area contributed by atoms with E-state index in [-0.39, 0.29) is 23.9 Å². The minimum Gasteiger partial charge on any atom is -0.350 e. The van der Waals surface area contributed by atoms with E-state index in [2.05, 4.69) is 5.32 Å². The molecule has 2 atom stereocenters. The summed E-state index contributed by atoms with van der Waals surface area (Å²) in [4.78, 5) is 25.9. The number of amides is 2. The maximum Gasteiger partial charge on any atom is 0.222 e. The van der Waals surface area contributed by atoms with E-state index in [0.717, 1.165) is 24.9 Å². The number of carbonyl (C=O) groups excluding carboxylic acids is 2. The summed E-state index contributed by atoms with van der Waals surface area (Å²) >= 11 is 5.87. The first-order valence-corrected chi connectivity index (χ1v) is 8.19. The van der Waals surface area contributed by atoms with Crippen LogP contribution in [0, 0.1) is 0 Å². The second-order valence-electron chi connectivity index (χ2n) is 5.94. The van der Waals surface area contributed by atoms with Gasteiger partial charge in [0.25, 0.3) is 0 Å². The standard InChI is InChI=1S/C17H23ClN2O2/c1-12(20-10-4-3-5-17(20)22)11-16(21)19-13(2)14-6-8-15(18)9-7-14/h6-9,12-13H,3-5,10-11H2,1-2H3,(H,19,21)/t12-,13-/m0/s1. The summed E-state index contributed by atoms with van der Waals surface area (Å²) in [7, 11) is 0. The van der Waals surface area contributed by atoms with Crippen molar-refractivity contribution in [3.05, 3.63) is 34.9 Å². The van der Waals surface area contributed by atoms with Crippen molar-refractivity contribution in [1.82, 2.24) is 10.2 Å². The topological polar surface area (TPSA) is 49.4 Å². The third-order valence-electron chi connectivity index (χ3n) is 4.12. The number of nitrogens with one attached hydrogen (secondary N) is 1. The number of piperidine rings is 1. The van der Waals surface area contributed by atoms with E-state index >= 15 is 0 Å². The van der Waals surface area contributed by atoms with Gasteiger partial charge in [0.05, 0.1) is 6.04 Å². The number of halogens is 1. The Hall–Kier alpha value is -1.55. The fourth-order valence-electron chi connectivity index (χ4n) is 2.81. The molecule has 120 valence electrons. The molecule has 5 heteroatoms. The van der Waals surface area contributed by atoms with E-state index in [1.54, 1.807) is 0 Å². The molecule has 1 saturated heterocycles. The highest BCUT2D eigenvalue weighted by molar-refractivity contribution is 6.30. The average molecular weight is 323 g/mol. The Morgan fingerprint density at radius 1 is 1.27 bits per heavy atom. The quantitative estimate of drug-likeness (QED) is 0.904. The van der Waals surface area contributed by atoms with Crippen molar-refractivity contribution in [2.24, 2.45) is 0 Å². The molecular formula is C17H23ClN2O2. The van der Waals surface area contributed by atoms with Gasteiger partial charge < -0.3 is 10.2 Å². The molecule has 1 N–H and O–H groups in total. The van der Waals surface area contributed by atoms with Crippen LogP contribution in [0.2, 0.25) is 5.02 Å². The molecular weight excluding hydrogens is 300 g/mol. The molecule has 0 spiro atoms. The Labute approximate surface area is 136 Å². The summed E-state index contributed by atoms with van der Waals surface area (Å²) in [6.45, 7) is 4.65. The van der Waals surface area contributed by atoms with Crippen molar-refractivity contribution in [2.45, 2.75) is 51.6 Å². The van der Waals surface area contributed by atoms with Crippen LogP contribution >= 0.6 is 11.6 Å². The van der Waals surface area contributed by atoms with Crippen LogP contribution in [0.3, 0.4) is 0 Å². The van der Waals surface area contributed by atoms with Gasteiger partial charge in [-0.05, 0) is 44.4 Å².